The van der Waals surface area contributed by atoms with Crippen molar-refractivity contribution in [3.05, 3.63) is 176 Å². The molecule has 8 aromatic carbocycles. The molecule has 51 heavy (non-hydrogen) atoms. The van der Waals surface area contributed by atoms with Crippen LogP contribution in [0.3, 0.4) is 0 Å². The first-order valence-corrected chi connectivity index (χ1v) is 17.1. The Hall–Kier alpha value is -6.91. The molecule has 0 spiro atoms. The van der Waals surface area contributed by atoms with Crippen molar-refractivity contribution in [2.45, 2.75) is 0 Å². The second kappa shape index (κ2) is 11.9. The van der Waals surface area contributed by atoms with Gasteiger partial charge in [-0.1, -0.05) is 146 Å². The van der Waals surface area contributed by atoms with Gasteiger partial charge in [0.05, 0.1) is 0 Å². The maximum atomic E-state index is 6.48. The molecule has 0 amide bonds. The Balaban J connectivity index is 1.17. The van der Waals surface area contributed by atoms with Crippen LogP contribution in [-0.4, -0.2) is 15.0 Å². The van der Waals surface area contributed by atoms with E-state index in [1.165, 1.54) is 11.1 Å². The molecule has 0 aliphatic rings. The predicted octanol–water partition coefficient (Wildman–Crippen LogP) is 12.4. The highest BCUT2D eigenvalue weighted by Crippen LogP contribution is 2.39. The number of nitrogens with zero attached hydrogens (tertiary/aromatic N) is 3. The average molecular weight is 652 g/mol. The Kier molecular flexibility index (Phi) is 6.78. The van der Waals surface area contributed by atoms with Gasteiger partial charge in [-0.05, 0) is 74.1 Å². The van der Waals surface area contributed by atoms with Crippen molar-refractivity contribution in [3.63, 3.8) is 0 Å². The summed E-state index contributed by atoms with van der Waals surface area (Å²) in [5.74, 6) is 1.85. The third-order valence-electron chi connectivity index (χ3n) is 9.72. The van der Waals surface area contributed by atoms with E-state index in [0.717, 1.165) is 71.3 Å². The maximum absolute atomic E-state index is 6.48. The quantitative estimate of drug-likeness (QED) is 0.186. The normalized spacial score (nSPS) is 11.5. The lowest BCUT2D eigenvalue weighted by Crippen LogP contribution is -2.01. The number of fused-ring (bicyclic) bond motifs is 5. The van der Waals surface area contributed by atoms with Crippen molar-refractivity contribution in [2.75, 3.05) is 0 Å². The zero-order valence-electron chi connectivity index (χ0n) is 27.5. The van der Waals surface area contributed by atoms with E-state index in [1.54, 1.807) is 0 Å². The topological polar surface area (TPSA) is 51.8 Å². The van der Waals surface area contributed by atoms with Crippen molar-refractivity contribution in [1.29, 1.82) is 0 Å². The Morgan fingerprint density at radius 3 is 1.67 bits per heavy atom. The lowest BCUT2D eigenvalue weighted by Gasteiger charge is -2.11. The summed E-state index contributed by atoms with van der Waals surface area (Å²) >= 11 is 0. The molecular formula is C47H29N3O. The fraction of sp³-hybridized carbons (Fsp3) is 0. The molecule has 0 saturated carbocycles. The molecule has 10 aromatic rings. The second-order valence-corrected chi connectivity index (χ2v) is 12.8. The molecule has 238 valence electrons. The molecule has 2 heterocycles. The highest BCUT2D eigenvalue weighted by molar-refractivity contribution is 6.12. The Morgan fingerprint density at radius 1 is 0.314 bits per heavy atom. The van der Waals surface area contributed by atoms with Gasteiger partial charge in [0.1, 0.15) is 11.2 Å². The smallest absolute Gasteiger partial charge is 0.164 e. The monoisotopic (exact) mass is 651 g/mol. The summed E-state index contributed by atoms with van der Waals surface area (Å²) in [6.07, 6.45) is 0. The third kappa shape index (κ3) is 5.13. The molecular weight excluding hydrogens is 623 g/mol. The van der Waals surface area contributed by atoms with E-state index in [2.05, 4.69) is 152 Å². The van der Waals surface area contributed by atoms with Crippen molar-refractivity contribution in [2.24, 2.45) is 0 Å². The third-order valence-corrected chi connectivity index (χ3v) is 9.72. The summed E-state index contributed by atoms with van der Waals surface area (Å²) in [5.41, 5.74) is 9.05. The van der Waals surface area contributed by atoms with Gasteiger partial charge in [-0.25, -0.2) is 15.0 Å². The molecule has 4 nitrogen and oxygen atoms in total. The summed E-state index contributed by atoms with van der Waals surface area (Å²) in [7, 11) is 0. The van der Waals surface area contributed by atoms with E-state index in [0.29, 0.717) is 17.5 Å². The van der Waals surface area contributed by atoms with Gasteiger partial charge in [0.2, 0.25) is 0 Å². The standard InChI is InChI=1S/C47H29N3O/c1-3-11-30(12-4-1)33-21-22-35-28-37(24-23-34(35)27-33)45-48-46(39-18-9-16-32-15-7-8-17-38(32)39)50-47(49-45)41-19-10-20-42-44(41)40-26-25-36(29-43(40)51-42)31-13-5-2-6-14-31/h1-29H. The van der Waals surface area contributed by atoms with Crippen molar-refractivity contribution in [3.8, 4) is 56.4 Å². The van der Waals surface area contributed by atoms with Gasteiger partial charge >= 0.3 is 0 Å². The van der Waals surface area contributed by atoms with Crippen LogP contribution >= 0.6 is 0 Å². The summed E-state index contributed by atoms with van der Waals surface area (Å²) < 4.78 is 6.48. The first-order valence-electron chi connectivity index (χ1n) is 17.1. The highest BCUT2D eigenvalue weighted by Gasteiger charge is 2.19. The van der Waals surface area contributed by atoms with Crippen LogP contribution in [0.25, 0.3) is 99.9 Å². The number of aromatic nitrogens is 3. The second-order valence-electron chi connectivity index (χ2n) is 12.8. The molecule has 2 aromatic heterocycles. The van der Waals surface area contributed by atoms with Gasteiger partial charge < -0.3 is 4.42 Å². The van der Waals surface area contributed by atoms with Crippen LogP contribution in [0.15, 0.2) is 180 Å². The Labute approximate surface area is 294 Å². The Morgan fingerprint density at radius 2 is 0.882 bits per heavy atom. The largest absolute Gasteiger partial charge is 0.456 e. The molecule has 0 atom stereocenters. The van der Waals surface area contributed by atoms with Crippen molar-refractivity contribution in [1.82, 2.24) is 15.0 Å². The van der Waals surface area contributed by atoms with Crippen molar-refractivity contribution >= 4 is 43.5 Å². The van der Waals surface area contributed by atoms with Gasteiger partial charge in [-0.3, -0.25) is 0 Å². The summed E-state index contributed by atoms with van der Waals surface area (Å²) in [6, 6.07) is 61.1. The van der Waals surface area contributed by atoms with Gasteiger partial charge in [0.25, 0.3) is 0 Å². The molecule has 4 heteroatoms. The van der Waals surface area contributed by atoms with E-state index in [1.807, 2.05) is 24.3 Å². The zero-order valence-corrected chi connectivity index (χ0v) is 27.5. The predicted molar refractivity (Wildman–Crippen MR) is 209 cm³/mol. The zero-order chi connectivity index (χ0) is 33.7. The SMILES string of the molecule is c1ccc(-c2ccc3cc(-c4nc(-c5cccc6ccccc56)nc(-c5cccc6oc7cc(-c8ccccc8)ccc7c56)n4)ccc3c2)cc1. The van der Waals surface area contributed by atoms with E-state index >= 15 is 0 Å². The number of rotatable bonds is 5. The van der Waals surface area contributed by atoms with Gasteiger partial charge in [0.15, 0.2) is 17.5 Å². The van der Waals surface area contributed by atoms with Crippen LogP contribution in [0.5, 0.6) is 0 Å². The summed E-state index contributed by atoms with van der Waals surface area (Å²) in [4.78, 5) is 15.5. The van der Waals surface area contributed by atoms with Crippen LogP contribution in [0.2, 0.25) is 0 Å². The molecule has 0 N–H and O–H groups in total. The molecule has 0 fully saturated rings. The van der Waals surface area contributed by atoms with Gasteiger partial charge in [0, 0.05) is 27.5 Å². The number of furan rings is 1. The first kappa shape index (κ1) is 29.0. The van der Waals surface area contributed by atoms with Crippen molar-refractivity contribution < 1.29 is 4.42 Å². The molecule has 0 aliphatic carbocycles. The Bertz CT molecular complexity index is 2910. The minimum atomic E-state index is 0.600. The molecule has 0 saturated heterocycles. The molecule has 0 radical (unpaired) electrons. The number of hydrogen-bond donors (Lipinski definition) is 0. The van der Waals surface area contributed by atoms with Crippen LogP contribution in [0, 0.1) is 0 Å². The van der Waals surface area contributed by atoms with Crippen LogP contribution in [-0.2, 0) is 0 Å². The minimum absolute atomic E-state index is 0.600. The average Bonchev–Trinajstić information content (AvgIpc) is 3.59. The fourth-order valence-corrected chi connectivity index (χ4v) is 7.18. The lowest BCUT2D eigenvalue weighted by atomic mass is 9.99. The van der Waals surface area contributed by atoms with Gasteiger partial charge in [-0.15, -0.1) is 0 Å². The molecule has 10 rings (SSSR count). The molecule has 0 bridgehead atoms. The van der Waals surface area contributed by atoms with E-state index in [4.69, 9.17) is 19.4 Å². The van der Waals surface area contributed by atoms with Crippen LogP contribution in [0.1, 0.15) is 0 Å². The van der Waals surface area contributed by atoms with Crippen LogP contribution < -0.4 is 0 Å². The molecule has 0 unspecified atom stereocenters. The van der Waals surface area contributed by atoms with E-state index < -0.39 is 0 Å². The lowest BCUT2D eigenvalue weighted by molar-refractivity contribution is 0.669. The highest BCUT2D eigenvalue weighted by atomic mass is 16.3. The van der Waals surface area contributed by atoms with E-state index in [9.17, 15) is 0 Å². The summed E-state index contributed by atoms with van der Waals surface area (Å²) in [6.45, 7) is 0. The summed E-state index contributed by atoms with van der Waals surface area (Å²) in [5, 5.41) is 6.52. The molecule has 0 aliphatic heterocycles. The van der Waals surface area contributed by atoms with E-state index in [-0.39, 0.29) is 0 Å². The maximum Gasteiger partial charge on any atom is 0.164 e. The number of hydrogen-bond acceptors (Lipinski definition) is 4. The minimum Gasteiger partial charge on any atom is -0.456 e. The van der Waals surface area contributed by atoms with Gasteiger partial charge in [-0.2, -0.15) is 0 Å². The fourth-order valence-electron chi connectivity index (χ4n) is 7.18. The number of benzene rings is 8. The first-order chi connectivity index (χ1) is 25.2. The van der Waals surface area contributed by atoms with Crippen LogP contribution in [0.4, 0.5) is 0 Å².